The van der Waals surface area contributed by atoms with Crippen molar-refractivity contribution in [1.82, 2.24) is 4.90 Å². The summed E-state index contributed by atoms with van der Waals surface area (Å²) < 4.78 is 0. The summed E-state index contributed by atoms with van der Waals surface area (Å²) in [5, 5.41) is 8.83. The average molecular weight is 249 g/mol. The third kappa shape index (κ3) is 5.32. The molecule has 1 aromatic rings. The number of carbonyl (C=O) groups is 1. The first-order valence-corrected chi connectivity index (χ1v) is 6.62. The molecule has 0 amide bonds. The Morgan fingerprint density at radius 2 is 2.00 bits per heavy atom. The molecule has 0 bridgehead atoms. The first-order chi connectivity index (χ1) is 8.63. The van der Waals surface area contributed by atoms with E-state index < -0.39 is 5.97 Å². The quantitative estimate of drug-likeness (QED) is 0.770. The van der Waals surface area contributed by atoms with Crippen LogP contribution in [0, 0.1) is 6.92 Å². The molecule has 1 aromatic carbocycles. The van der Waals surface area contributed by atoms with E-state index in [0.29, 0.717) is 0 Å². The van der Waals surface area contributed by atoms with Gasteiger partial charge in [-0.05, 0) is 50.4 Å². The molecule has 0 aliphatic carbocycles. The fourth-order valence-electron chi connectivity index (χ4n) is 2.16. The van der Waals surface area contributed by atoms with Gasteiger partial charge in [-0.15, -0.1) is 0 Å². The van der Waals surface area contributed by atoms with Gasteiger partial charge in [0.2, 0.25) is 0 Å². The molecule has 0 unspecified atom stereocenters. The van der Waals surface area contributed by atoms with E-state index in [1.165, 1.54) is 11.1 Å². The summed E-state index contributed by atoms with van der Waals surface area (Å²) in [6.45, 7) is 6.07. The van der Waals surface area contributed by atoms with Gasteiger partial charge in [-0.3, -0.25) is 9.69 Å². The van der Waals surface area contributed by atoms with E-state index in [1.54, 1.807) is 0 Å². The van der Waals surface area contributed by atoms with Gasteiger partial charge in [0.05, 0.1) is 6.54 Å². The number of nitrogens with zero attached hydrogens (tertiary/aromatic N) is 1. The van der Waals surface area contributed by atoms with E-state index in [0.717, 1.165) is 32.4 Å². The van der Waals surface area contributed by atoms with Gasteiger partial charge in [0.25, 0.3) is 0 Å². The number of aliphatic carboxylic acids is 1. The highest BCUT2D eigenvalue weighted by atomic mass is 16.4. The molecular formula is C15H23NO2. The summed E-state index contributed by atoms with van der Waals surface area (Å²) in [7, 11) is 0. The second-order valence-electron chi connectivity index (χ2n) is 4.70. The highest BCUT2D eigenvalue weighted by Gasteiger charge is 2.08. The van der Waals surface area contributed by atoms with Gasteiger partial charge in [-0.1, -0.05) is 31.2 Å². The van der Waals surface area contributed by atoms with Crippen molar-refractivity contribution in [2.45, 2.75) is 33.1 Å². The molecule has 1 N–H and O–H groups in total. The zero-order valence-electron chi connectivity index (χ0n) is 11.4. The number of aryl methyl sites for hydroxylation is 2. The lowest BCUT2D eigenvalue weighted by atomic mass is 10.0. The maximum atomic E-state index is 10.7. The molecule has 3 nitrogen and oxygen atoms in total. The summed E-state index contributed by atoms with van der Waals surface area (Å²) >= 11 is 0. The van der Waals surface area contributed by atoms with Gasteiger partial charge >= 0.3 is 5.97 Å². The molecule has 0 saturated carbocycles. The molecule has 0 fully saturated rings. The van der Waals surface area contributed by atoms with Crippen molar-refractivity contribution in [2.75, 3.05) is 19.6 Å². The van der Waals surface area contributed by atoms with Gasteiger partial charge in [0.1, 0.15) is 0 Å². The van der Waals surface area contributed by atoms with Crippen molar-refractivity contribution in [3.8, 4) is 0 Å². The monoisotopic (exact) mass is 249 g/mol. The van der Waals surface area contributed by atoms with E-state index >= 15 is 0 Å². The Bertz CT molecular complexity index is 377. The largest absolute Gasteiger partial charge is 0.480 e. The molecule has 0 radical (unpaired) electrons. The van der Waals surface area contributed by atoms with Crippen LogP contribution >= 0.6 is 0 Å². The summed E-state index contributed by atoms with van der Waals surface area (Å²) in [5.41, 5.74) is 2.68. The number of hydrogen-bond donors (Lipinski definition) is 1. The Labute approximate surface area is 109 Å². The number of carboxylic acids is 1. The van der Waals surface area contributed by atoms with Crippen LogP contribution in [0.1, 0.15) is 30.9 Å². The summed E-state index contributed by atoms with van der Waals surface area (Å²) in [4.78, 5) is 12.7. The number of hydrogen-bond acceptors (Lipinski definition) is 2. The normalized spacial score (nSPS) is 10.8. The predicted molar refractivity (Wildman–Crippen MR) is 73.9 cm³/mol. The molecule has 100 valence electrons. The van der Waals surface area contributed by atoms with E-state index in [9.17, 15) is 4.79 Å². The molecule has 0 saturated heterocycles. The minimum Gasteiger partial charge on any atom is -0.480 e. The maximum Gasteiger partial charge on any atom is 0.317 e. The standard InChI is InChI=1S/C15H23NO2/c1-3-10-16(12-15(17)18)11-6-9-14-8-5-4-7-13(14)2/h4-5,7-8H,3,6,9-12H2,1-2H3,(H,17,18). The lowest BCUT2D eigenvalue weighted by Gasteiger charge is -2.19. The van der Waals surface area contributed by atoms with Gasteiger partial charge < -0.3 is 5.11 Å². The zero-order chi connectivity index (χ0) is 13.4. The van der Waals surface area contributed by atoms with Crippen LogP contribution in [0.15, 0.2) is 24.3 Å². The van der Waals surface area contributed by atoms with Gasteiger partial charge in [-0.25, -0.2) is 0 Å². The molecule has 0 aliphatic rings. The molecular weight excluding hydrogens is 226 g/mol. The highest BCUT2D eigenvalue weighted by molar-refractivity contribution is 5.69. The molecule has 3 heteroatoms. The average Bonchev–Trinajstić information content (AvgIpc) is 2.31. The fraction of sp³-hybridized carbons (Fsp3) is 0.533. The van der Waals surface area contributed by atoms with Gasteiger partial charge in [-0.2, -0.15) is 0 Å². The number of carboxylic acid groups (broad SMARTS) is 1. The lowest BCUT2D eigenvalue weighted by molar-refractivity contribution is -0.138. The highest BCUT2D eigenvalue weighted by Crippen LogP contribution is 2.10. The Morgan fingerprint density at radius 1 is 1.28 bits per heavy atom. The predicted octanol–water partition coefficient (Wildman–Crippen LogP) is 2.72. The van der Waals surface area contributed by atoms with Crippen molar-refractivity contribution in [3.63, 3.8) is 0 Å². The van der Waals surface area contributed by atoms with Crippen molar-refractivity contribution < 1.29 is 9.90 Å². The van der Waals surface area contributed by atoms with Crippen LogP contribution in [0.4, 0.5) is 0 Å². The smallest absolute Gasteiger partial charge is 0.317 e. The third-order valence-electron chi connectivity index (χ3n) is 3.08. The van der Waals surface area contributed by atoms with Crippen molar-refractivity contribution >= 4 is 5.97 Å². The Kier molecular flexibility index (Phi) is 6.44. The van der Waals surface area contributed by atoms with Crippen molar-refractivity contribution in [3.05, 3.63) is 35.4 Å². The van der Waals surface area contributed by atoms with Crippen molar-refractivity contribution in [2.24, 2.45) is 0 Å². The SMILES string of the molecule is CCCN(CCCc1ccccc1C)CC(=O)O. The molecule has 0 aliphatic heterocycles. The van der Waals surface area contributed by atoms with Crippen LogP contribution in [-0.2, 0) is 11.2 Å². The van der Waals surface area contributed by atoms with E-state index in [4.69, 9.17) is 5.11 Å². The fourth-order valence-corrected chi connectivity index (χ4v) is 2.16. The molecule has 1 rings (SSSR count). The van der Waals surface area contributed by atoms with Crippen LogP contribution in [-0.4, -0.2) is 35.6 Å². The molecule has 0 aromatic heterocycles. The Morgan fingerprint density at radius 3 is 2.61 bits per heavy atom. The number of benzene rings is 1. The van der Waals surface area contributed by atoms with Crippen molar-refractivity contribution in [1.29, 1.82) is 0 Å². The Hall–Kier alpha value is -1.35. The third-order valence-corrected chi connectivity index (χ3v) is 3.08. The molecule has 0 spiro atoms. The minimum atomic E-state index is -0.737. The molecule has 18 heavy (non-hydrogen) atoms. The summed E-state index contributed by atoms with van der Waals surface area (Å²) in [6, 6.07) is 8.38. The number of rotatable bonds is 8. The van der Waals surface area contributed by atoms with Gasteiger partial charge in [0, 0.05) is 0 Å². The van der Waals surface area contributed by atoms with E-state index in [-0.39, 0.29) is 6.54 Å². The van der Waals surface area contributed by atoms with E-state index in [1.807, 2.05) is 11.0 Å². The van der Waals surface area contributed by atoms with Crippen LogP contribution in [0.3, 0.4) is 0 Å². The second kappa shape index (κ2) is 7.88. The molecule has 0 atom stereocenters. The van der Waals surface area contributed by atoms with Gasteiger partial charge in [0.15, 0.2) is 0 Å². The van der Waals surface area contributed by atoms with E-state index in [2.05, 4.69) is 32.0 Å². The Balaban J connectivity index is 2.38. The summed E-state index contributed by atoms with van der Waals surface area (Å²) in [6.07, 6.45) is 3.03. The molecule has 0 heterocycles. The van der Waals surface area contributed by atoms with Crippen LogP contribution < -0.4 is 0 Å². The maximum absolute atomic E-state index is 10.7. The zero-order valence-corrected chi connectivity index (χ0v) is 11.4. The van der Waals surface area contributed by atoms with Crippen LogP contribution in [0.25, 0.3) is 0 Å². The lowest BCUT2D eigenvalue weighted by Crippen LogP contribution is -2.31. The summed E-state index contributed by atoms with van der Waals surface area (Å²) in [5.74, 6) is -0.737. The van der Waals surface area contributed by atoms with Crippen LogP contribution in [0.2, 0.25) is 0 Å². The first kappa shape index (κ1) is 14.7. The topological polar surface area (TPSA) is 40.5 Å². The minimum absolute atomic E-state index is 0.154. The van der Waals surface area contributed by atoms with Crippen LogP contribution in [0.5, 0.6) is 0 Å². The second-order valence-corrected chi connectivity index (χ2v) is 4.70. The first-order valence-electron chi connectivity index (χ1n) is 6.62.